The normalized spacial score (nSPS) is 19.6. The molecule has 0 saturated carbocycles. The van der Waals surface area contributed by atoms with Gasteiger partial charge in [0.05, 0.1) is 13.0 Å². The minimum Gasteiger partial charge on any atom is -0.497 e. The monoisotopic (exact) mass is 410 g/mol. The van der Waals surface area contributed by atoms with Crippen LogP contribution < -0.4 is 14.2 Å². The van der Waals surface area contributed by atoms with Gasteiger partial charge in [-0.2, -0.15) is 0 Å². The third kappa shape index (κ3) is 3.67. The molecule has 1 fully saturated rings. The molecular formula is C23H26N2O5. The van der Waals surface area contributed by atoms with Crippen molar-refractivity contribution in [3.63, 3.8) is 0 Å². The first-order valence-electron chi connectivity index (χ1n) is 10.1. The number of carbonyl (C=O) groups is 2. The van der Waals surface area contributed by atoms with Gasteiger partial charge in [-0.15, -0.1) is 0 Å². The number of nitrogens with zero attached hydrogens (tertiary/aromatic N) is 2. The van der Waals surface area contributed by atoms with Gasteiger partial charge in [-0.25, -0.2) is 0 Å². The molecule has 2 heterocycles. The lowest BCUT2D eigenvalue weighted by Gasteiger charge is -2.23. The minimum atomic E-state index is -0.306. The van der Waals surface area contributed by atoms with Gasteiger partial charge in [0.2, 0.25) is 12.7 Å². The molecule has 1 saturated heterocycles. The van der Waals surface area contributed by atoms with E-state index in [4.69, 9.17) is 14.2 Å². The highest BCUT2D eigenvalue weighted by atomic mass is 16.7. The van der Waals surface area contributed by atoms with Crippen LogP contribution in [0.3, 0.4) is 0 Å². The lowest BCUT2D eigenvalue weighted by Crippen LogP contribution is -2.36. The van der Waals surface area contributed by atoms with Gasteiger partial charge < -0.3 is 24.0 Å². The lowest BCUT2D eigenvalue weighted by molar-refractivity contribution is -0.133. The summed E-state index contributed by atoms with van der Waals surface area (Å²) in [6, 6.07) is 12.9. The van der Waals surface area contributed by atoms with E-state index < -0.39 is 0 Å². The van der Waals surface area contributed by atoms with Crippen LogP contribution in [0.25, 0.3) is 0 Å². The van der Waals surface area contributed by atoms with Crippen molar-refractivity contribution in [2.24, 2.45) is 5.92 Å². The van der Waals surface area contributed by atoms with Crippen molar-refractivity contribution in [2.75, 3.05) is 40.6 Å². The SMILES string of the molecule is CCN(C)C(=O)C1CN(C(=O)c2ccc3c(c2)OCO3)CC1c1cccc(OC)c1. The second kappa shape index (κ2) is 8.26. The highest BCUT2D eigenvalue weighted by Gasteiger charge is 2.41. The van der Waals surface area contributed by atoms with Crippen molar-refractivity contribution in [1.82, 2.24) is 9.80 Å². The molecule has 2 aromatic carbocycles. The quantitative estimate of drug-likeness (QED) is 0.758. The van der Waals surface area contributed by atoms with Crippen LogP contribution in [0, 0.1) is 5.92 Å². The Bertz CT molecular complexity index is 960. The molecule has 2 unspecified atom stereocenters. The largest absolute Gasteiger partial charge is 0.497 e. The van der Waals surface area contributed by atoms with Crippen molar-refractivity contribution in [2.45, 2.75) is 12.8 Å². The fraction of sp³-hybridized carbons (Fsp3) is 0.391. The van der Waals surface area contributed by atoms with Crippen molar-refractivity contribution in [1.29, 1.82) is 0 Å². The van der Waals surface area contributed by atoms with Crippen molar-refractivity contribution < 1.29 is 23.8 Å². The summed E-state index contributed by atoms with van der Waals surface area (Å²) in [5.41, 5.74) is 1.53. The number of ether oxygens (including phenoxy) is 3. The molecule has 0 radical (unpaired) electrons. The predicted molar refractivity (Wildman–Crippen MR) is 111 cm³/mol. The van der Waals surface area contributed by atoms with E-state index in [2.05, 4.69) is 0 Å². The first-order valence-corrected chi connectivity index (χ1v) is 10.1. The Morgan fingerprint density at radius 1 is 1.13 bits per heavy atom. The molecule has 30 heavy (non-hydrogen) atoms. The Kier molecular flexibility index (Phi) is 5.53. The number of likely N-dealkylation sites (tertiary alicyclic amines) is 1. The van der Waals surface area contributed by atoms with Gasteiger partial charge in [0.15, 0.2) is 11.5 Å². The number of hydrogen-bond acceptors (Lipinski definition) is 5. The molecule has 2 amide bonds. The van der Waals surface area contributed by atoms with Gasteiger partial charge in [-0.3, -0.25) is 9.59 Å². The second-order valence-electron chi connectivity index (χ2n) is 7.62. The maximum atomic E-state index is 13.2. The number of fused-ring (bicyclic) bond motifs is 1. The molecule has 4 rings (SSSR count). The van der Waals surface area contributed by atoms with Gasteiger partial charge in [0.1, 0.15) is 5.75 Å². The maximum absolute atomic E-state index is 13.2. The maximum Gasteiger partial charge on any atom is 0.254 e. The van der Waals surface area contributed by atoms with Crippen LogP contribution in [0.4, 0.5) is 0 Å². The van der Waals surface area contributed by atoms with E-state index >= 15 is 0 Å². The van der Waals surface area contributed by atoms with Gasteiger partial charge in [-0.1, -0.05) is 12.1 Å². The Morgan fingerprint density at radius 2 is 1.93 bits per heavy atom. The highest BCUT2D eigenvalue weighted by Crippen LogP contribution is 2.37. The predicted octanol–water partition coefficient (Wildman–Crippen LogP) is 2.76. The zero-order valence-corrected chi connectivity index (χ0v) is 17.5. The number of rotatable bonds is 5. The van der Waals surface area contributed by atoms with Crippen LogP contribution in [0.15, 0.2) is 42.5 Å². The van der Waals surface area contributed by atoms with Crippen LogP contribution in [0.5, 0.6) is 17.2 Å². The molecule has 0 aromatic heterocycles. The summed E-state index contributed by atoms with van der Waals surface area (Å²) < 4.78 is 16.1. The summed E-state index contributed by atoms with van der Waals surface area (Å²) >= 11 is 0. The van der Waals surface area contributed by atoms with Gasteiger partial charge in [0, 0.05) is 38.2 Å². The summed E-state index contributed by atoms with van der Waals surface area (Å²) in [5.74, 6) is 1.48. The third-order valence-corrected chi connectivity index (χ3v) is 5.92. The number of hydrogen-bond donors (Lipinski definition) is 0. The first-order chi connectivity index (χ1) is 14.5. The summed E-state index contributed by atoms with van der Waals surface area (Å²) in [4.78, 5) is 29.8. The number of methoxy groups -OCH3 is 1. The molecule has 2 aromatic rings. The van der Waals surface area contributed by atoms with Crippen LogP contribution in [-0.4, -0.2) is 62.2 Å². The molecule has 0 aliphatic carbocycles. The number of carbonyl (C=O) groups excluding carboxylic acids is 2. The average Bonchev–Trinajstić information content (AvgIpc) is 3.44. The summed E-state index contributed by atoms with van der Waals surface area (Å²) in [7, 11) is 3.42. The van der Waals surface area contributed by atoms with E-state index in [1.165, 1.54) is 0 Å². The Labute approximate surface area is 176 Å². The number of amides is 2. The topological polar surface area (TPSA) is 68.3 Å². The minimum absolute atomic E-state index is 0.0475. The summed E-state index contributed by atoms with van der Waals surface area (Å²) in [6.45, 7) is 3.57. The molecule has 0 spiro atoms. The first kappa shape index (κ1) is 20.1. The van der Waals surface area contributed by atoms with Crippen molar-refractivity contribution in [3.05, 3.63) is 53.6 Å². The van der Waals surface area contributed by atoms with Crippen LogP contribution >= 0.6 is 0 Å². The zero-order valence-electron chi connectivity index (χ0n) is 17.5. The van der Waals surface area contributed by atoms with E-state index in [1.807, 2.05) is 31.2 Å². The smallest absolute Gasteiger partial charge is 0.254 e. The van der Waals surface area contributed by atoms with Gasteiger partial charge in [-0.05, 0) is 42.8 Å². The molecule has 7 heteroatoms. The molecule has 158 valence electrons. The molecular weight excluding hydrogens is 384 g/mol. The van der Waals surface area contributed by atoms with Crippen molar-refractivity contribution in [3.8, 4) is 17.2 Å². The lowest BCUT2D eigenvalue weighted by atomic mass is 9.88. The van der Waals surface area contributed by atoms with Crippen LogP contribution in [-0.2, 0) is 4.79 Å². The molecule has 2 aliphatic heterocycles. The van der Waals surface area contributed by atoms with E-state index in [0.717, 1.165) is 11.3 Å². The van der Waals surface area contributed by atoms with E-state index in [0.29, 0.717) is 36.7 Å². The van der Waals surface area contributed by atoms with Crippen LogP contribution in [0.2, 0.25) is 0 Å². The fourth-order valence-electron chi connectivity index (χ4n) is 4.08. The Morgan fingerprint density at radius 3 is 2.70 bits per heavy atom. The van der Waals surface area contributed by atoms with Crippen LogP contribution in [0.1, 0.15) is 28.8 Å². The standard InChI is InChI=1S/C23H26N2O5/c1-4-24(2)23(27)19-13-25(12-18(19)15-6-5-7-17(10-15)28-3)22(26)16-8-9-20-21(11-16)30-14-29-20/h5-11,18-19H,4,12-14H2,1-3H3. The molecule has 7 nitrogen and oxygen atoms in total. The molecule has 2 aliphatic rings. The fourth-order valence-corrected chi connectivity index (χ4v) is 4.08. The van der Waals surface area contributed by atoms with E-state index in [1.54, 1.807) is 42.2 Å². The van der Waals surface area contributed by atoms with Gasteiger partial charge in [0.25, 0.3) is 5.91 Å². The Balaban J connectivity index is 1.62. The Hall–Kier alpha value is -3.22. The molecule has 2 atom stereocenters. The zero-order chi connectivity index (χ0) is 21.3. The second-order valence-corrected chi connectivity index (χ2v) is 7.62. The summed E-state index contributed by atoms with van der Waals surface area (Å²) in [5, 5.41) is 0. The third-order valence-electron chi connectivity index (χ3n) is 5.92. The summed E-state index contributed by atoms with van der Waals surface area (Å²) in [6.07, 6.45) is 0. The number of benzene rings is 2. The highest BCUT2D eigenvalue weighted by molar-refractivity contribution is 5.96. The average molecular weight is 410 g/mol. The van der Waals surface area contributed by atoms with Gasteiger partial charge >= 0.3 is 0 Å². The van der Waals surface area contributed by atoms with Crippen molar-refractivity contribution >= 4 is 11.8 Å². The molecule has 0 bridgehead atoms. The van der Waals surface area contributed by atoms with E-state index in [-0.39, 0.29) is 30.4 Å². The molecule has 0 N–H and O–H groups in total. The van der Waals surface area contributed by atoms with E-state index in [9.17, 15) is 9.59 Å².